The number of carbonyl (C=O) groups is 2. The Hall–Kier alpha value is -2.02. The van der Waals surface area contributed by atoms with Gasteiger partial charge in [-0.15, -0.1) is 0 Å². The summed E-state index contributed by atoms with van der Waals surface area (Å²) in [6.45, 7) is 8.29. The summed E-state index contributed by atoms with van der Waals surface area (Å²) in [5.41, 5.74) is 2.12. The zero-order chi connectivity index (χ0) is 20.4. The maximum Gasteiger partial charge on any atom is 0.236 e. The molecule has 1 aromatic heterocycles. The molecule has 0 aliphatic carbocycles. The summed E-state index contributed by atoms with van der Waals surface area (Å²) >= 11 is 0. The van der Waals surface area contributed by atoms with Gasteiger partial charge in [0.05, 0.1) is 12.2 Å². The molecule has 158 valence electrons. The number of likely N-dealkylation sites (tertiary alicyclic amines) is 2. The number of hydrogen-bond acceptors (Lipinski definition) is 5. The second kappa shape index (κ2) is 8.78. The SMILES string of the molecule is CCC1CCCCN1CC(=O)N1CCC(c2ncc3c(n2)CCN(C(C)=O)C3)C1. The average Bonchev–Trinajstić information content (AvgIpc) is 3.24. The monoisotopic (exact) mass is 399 g/mol. The Labute approximate surface area is 173 Å². The van der Waals surface area contributed by atoms with Crippen molar-refractivity contribution in [3.63, 3.8) is 0 Å². The molecule has 7 heteroatoms. The van der Waals surface area contributed by atoms with Gasteiger partial charge in [-0.05, 0) is 32.2 Å². The second-order valence-electron chi connectivity index (χ2n) is 8.74. The van der Waals surface area contributed by atoms with Crippen LogP contribution in [0.15, 0.2) is 6.20 Å². The predicted octanol–water partition coefficient (Wildman–Crippen LogP) is 1.96. The van der Waals surface area contributed by atoms with Crippen LogP contribution in [-0.4, -0.2) is 75.2 Å². The van der Waals surface area contributed by atoms with E-state index in [9.17, 15) is 9.59 Å². The van der Waals surface area contributed by atoms with E-state index in [2.05, 4.69) is 16.8 Å². The van der Waals surface area contributed by atoms with E-state index in [1.165, 1.54) is 19.3 Å². The van der Waals surface area contributed by atoms with Crippen molar-refractivity contribution >= 4 is 11.8 Å². The fraction of sp³-hybridized carbons (Fsp3) is 0.727. The van der Waals surface area contributed by atoms with Gasteiger partial charge in [-0.1, -0.05) is 13.3 Å². The first kappa shape index (κ1) is 20.3. The zero-order valence-electron chi connectivity index (χ0n) is 17.8. The normalized spacial score (nSPS) is 25.2. The van der Waals surface area contributed by atoms with Gasteiger partial charge in [0.15, 0.2) is 0 Å². The van der Waals surface area contributed by atoms with Crippen molar-refractivity contribution < 1.29 is 9.59 Å². The van der Waals surface area contributed by atoms with Crippen molar-refractivity contribution in [1.29, 1.82) is 0 Å². The molecule has 29 heavy (non-hydrogen) atoms. The molecular weight excluding hydrogens is 366 g/mol. The molecular formula is C22H33N5O2. The van der Waals surface area contributed by atoms with E-state index in [4.69, 9.17) is 4.98 Å². The lowest BCUT2D eigenvalue weighted by molar-refractivity contribution is -0.132. The van der Waals surface area contributed by atoms with Crippen molar-refractivity contribution in [2.45, 2.75) is 70.9 Å². The van der Waals surface area contributed by atoms with E-state index < -0.39 is 0 Å². The van der Waals surface area contributed by atoms with Gasteiger partial charge in [-0.2, -0.15) is 0 Å². The van der Waals surface area contributed by atoms with E-state index in [-0.39, 0.29) is 17.7 Å². The van der Waals surface area contributed by atoms with Crippen molar-refractivity contribution in [3.05, 3.63) is 23.3 Å². The van der Waals surface area contributed by atoms with Gasteiger partial charge in [0.1, 0.15) is 5.82 Å². The van der Waals surface area contributed by atoms with Crippen LogP contribution in [0.1, 0.15) is 69.0 Å². The quantitative estimate of drug-likeness (QED) is 0.774. The van der Waals surface area contributed by atoms with Gasteiger partial charge >= 0.3 is 0 Å². The summed E-state index contributed by atoms with van der Waals surface area (Å²) < 4.78 is 0. The van der Waals surface area contributed by atoms with Crippen LogP contribution in [0.25, 0.3) is 0 Å². The third-order valence-corrected chi connectivity index (χ3v) is 6.86. The molecule has 0 saturated carbocycles. The second-order valence-corrected chi connectivity index (χ2v) is 8.74. The molecule has 2 amide bonds. The van der Waals surface area contributed by atoms with Gasteiger partial charge in [-0.3, -0.25) is 14.5 Å². The zero-order valence-corrected chi connectivity index (χ0v) is 17.8. The molecule has 4 rings (SSSR count). The summed E-state index contributed by atoms with van der Waals surface area (Å²) in [5.74, 6) is 1.43. The van der Waals surface area contributed by atoms with Crippen molar-refractivity contribution in [3.8, 4) is 0 Å². The van der Waals surface area contributed by atoms with Crippen LogP contribution in [0.5, 0.6) is 0 Å². The van der Waals surface area contributed by atoms with Crippen molar-refractivity contribution in [1.82, 2.24) is 24.7 Å². The van der Waals surface area contributed by atoms with Gasteiger partial charge < -0.3 is 9.80 Å². The lowest BCUT2D eigenvalue weighted by Gasteiger charge is -2.35. The Bertz CT molecular complexity index is 768. The first-order valence-electron chi connectivity index (χ1n) is 11.2. The highest BCUT2D eigenvalue weighted by Gasteiger charge is 2.32. The van der Waals surface area contributed by atoms with E-state index in [1.807, 2.05) is 16.0 Å². The summed E-state index contributed by atoms with van der Waals surface area (Å²) in [4.78, 5) is 40.2. The van der Waals surface area contributed by atoms with Crippen LogP contribution < -0.4 is 0 Å². The highest BCUT2D eigenvalue weighted by molar-refractivity contribution is 5.78. The third-order valence-electron chi connectivity index (χ3n) is 6.86. The first-order valence-corrected chi connectivity index (χ1v) is 11.2. The number of nitrogens with zero attached hydrogens (tertiary/aromatic N) is 5. The Morgan fingerprint density at radius 2 is 2.00 bits per heavy atom. The standard InChI is InChI=1S/C22H33N5O2/c1-3-19-6-4-5-9-26(19)15-21(29)27-10-7-17(13-27)22-23-12-18-14-25(16(2)28)11-8-20(18)24-22/h12,17,19H,3-11,13-15H2,1-2H3. The van der Waals surface area contributed by atoms with Crippen LogP contribution in [0.2, 0.25) is 0 Å². The fourth-order valence-corrected chi connectivity index (χ4v) is 5.00. The Morgan fingerprint density at radius 3 is 2.79 bits per heavy atom. The Kier molecular flexibility index (Phi) is 6.13. The molecule has 2 unspecified atom stereocenters. The molecule has 2 fully saturated rings. The van der Waals surface area contributed by atoms with Gasteiger partial charge in [0, 0.05) is 63.2 Å². The largest absolute Gasteiger partial charge is 0.341 e. The van der Waals surface area contributed by atoms with E-state index in [0.29, 0.717) is 19.1 Å². The smallest absolute Gasteiger partial charge is 0.236 e. The van der Waals surface area contributed by atoms with Crippen molar-refractivity contribution in [2.24, 2.45) is 0 Å². The number of piperidine rings is 1. The average molecular weight is 400 g/mol. The predicted molar refractivity (Wildman–Crippen MR) is 110 cm³/mol. The number of aromatic nitrogens is 2. The van der Waals surface area contributed by atoms with Crippen LogP contribution in [0, 0.1) is 0 Å². The molecule has 0 aromatic carbocycles. The molecule has 0 N–H and O–H groups in total. The van der Waals surface area contributed by atoms with E-state index in [0.717, 1.165) is 62.5 Å². The summed E-state index contributed by atoms with van der Waals surface area (Å²) in [5, 5.41) is 0. The molecule has 2 saturated heterocycles. The molecule has 4 heterocycles. The lowest BCUT2D eigenvalue weighted by Crippen LogP contribution is -2.46. The molecule has 0 bridgehead atoms. The summed E-state index contributed by atoms with van der Waals surface area (Å²) in [6, 6.07) is 0.560. The number of carbonyl (C=O) groups excluding carboxylic acids is 2. The minimum absolute atomic E-state index is 0.101. The van der Waals surface area contributed by atoms with Crippen LogP contribution in [0.4, 0.5) is 0 Å². The third kappa shape index (κ3) is 4.44. The molecule has 2 atom stereocenters. The molecule has 1 aromatic rings. The molecule has 3 aliphatic rings. The van der Waals surface area contributed by atoms with Crippen LogP contribution in [0.3, 0.4) is 0 Å². The highest BCUT2D eigenvalue weighted by atomic mass is 16.2. The summed E-state index contributed by atoms with van der Waals surface area (Å²) in [7, 11) is 0. The van der Waals surface area contributed by atoms with Crippen LogP contribution >= 0.6 is 0 Å². The molecule has 3 aliphatic heterocycles. The number of fused-ring (bicyclic) bond motifs is 1. The van der Waals surface area contributed by atoms with Gasteiger partial charge in [0.2, 0.25) is 11.8 Å². The number of hydrogen-bond donors (Lipinski definition) is 0. The number of rotatable bonds is 4. The Morgan fingerprint density at radius 1 is 1.14 bits per heavy atom. The molecule has 7 nitrogen and oxygen atoms in total. The van der Waals surface area contributed by atoms with E-state index in [1.54, 1.807) is 6.92 Å². The van der Waals surface area contributed by atoms with Crippen molar-refractivity contribution in [2.75, 3.05) is 32.7 Å². The minimum Gasteiger partial charge on any atom is -0.341 e. The Balaban J connectivity index is 1.36. The van der Waals surface area contributed by atoms with E-state index >= 15 is 0 Å². The topological polar surface area (TPSA) is 69.6 Å². The number of amides is 2. The van der Waals surface area contributed by atoms with Crippen LogP contribution in [-0.2, 0) is 22.6 Å². The maximum absolute atomic E-state index is 12.9. The summed E-state index contributed by atoms with van der Waals surface area (Å²) in [6.07, 6.45) is 8.44. The van der Waals surface area contributed by atoms with Gasteiger partial charge in [0.25, 0.3) is 0 Å². The minimum atomic E-state index is 0.101. The maximum atomic E-state index is 12.9. The lowest BCUT2D eigenvalue weighted by atomic mass is 10.00. The molecule has 0 spiro atoms. The highest BCUT2D eigenvalue weighted by Crippen LogP contribution is 2.27. The first-order chi connectivity index (χ1) is 14.0. The fourth-order valence-electron chi connectivity index (χ4n) is 5.00. The molecule has 0 radical (unpaired) electrons. The van der Waals surface area contributed by atoms with Gasteiger partial charge in [-0.25, -0.2) is 9.97 Å².